The zero-order valence-electron chi connectivity index (χ0n) is 34.9. The molecular weight excluding hydrogens is 775 g/mol. The molecule has 298 valence electrons. The number of para-hydroxylation sites is 1. The Morgan fingerprint density at radius 3 is 1.39 bits per heavy atom. The van der Waals surface area contributed by atoms with Gasteiger partial charge in [-0.1, -0.05) is 194 Å². The third-order valence-electron chi connectivity index (χ3n) is 14.6. The molecule has 3 aliphatic carbocycles. The monoisotopic (exact) mass is 813 g/mol. The lowest BCUT2D eigenvalue weighted by atomic mass is 9.66. The summed E-state index contributed by atoms with van der Waals surface area (Å²) in [7, 11) is 0. The number of hydrogen-bond acceptors (Lipinski definition) is 2. The van der Waals surface area contributed by atoms with Gasteiger partial charge < -0.3 is 9.32 Å². The summed E-state index contributed by atoms with van der Waals surface area (Å²) in [6.45, 7) is 0. The minimum Gasteiger partial charge on any atom is -0.456 e. The summed E-state index contributed by atoms with van der Waals surface area (Å²) in [4.78, 5) is 2.47. The van der Waals surface area contributed by atoms with Gasteiger partial charge in [-0.2, -0.15) is 0 Å². The first-order chi connectivity index (χ1) is 31.8. The lowest BCUT2D eigenvalue weighted by Crippen LogP contribution is -2.28. The lowest BCUT2D eigenvalue weighted by molar-refractivity contribution is 0.667. The summed E-state index contributed by atoms with van der Waals surface area (Å²) < 4.78 is 6.89. The topological polar surface area (TPSA) is 16.4 Å². The first kappa shape index (κ1) is 35.4. The van der Waals surface area contributed by atoms with E-state index >= 15 is 0 Å². The van der Waals surface area contributed by atoms with Gasteiger partial charge in [-0.15, -0.1) is 0 Å². The number of hydrogen-bond donors (Lipinski definition) is 0. The van der Waals surface area contributed by atoms with Crippen LogP contribution in [0.1, 0.15) is 44.5 Å². The van der Waals surface area contributed by atoms with Crippen LogP contribution in [0.2, 0.25) is 0 Å². The van der Waals surface area contributed by atoms with Crippen LogP contribution < -0.4 is 4.90 Å². The van der Waals surface area contributed by atoms with Crippen molar-refractivity contribution in [2.75, 3.05) is 4.90 Å². The summed E-state index contributed by atoms with van der Waals surface area (Å²) in [6, 6.07) is 87.4. The van der Waals surface area contributed by atoms with E-state index in [1.165, 1.54) is 77.9 Å². The maximum Gasteiger partial charge on any atom is 0.135 e. The van der Waals surface area contributed by atoms with Gasteiger partial charge in [-0.05, 0) is 115 Å². The van der Waals surface area contributed by atoms with Gasteiger partial charge in [0.1, 0.15) is 11.2 Å². The zero-order valence-corrected chi connectivity index (χ0v) is 34.9. The Bertz CT molecular complexity index is 3600. The van der Waals surface area contributed by atoms with Gasteiger partial charge in [-0.25, -0.2) is 0 Å². The van der Waals surface area contributed by atoms with Crippen molar-refractivity contribution in [2.24, 2.45) is 0 Å². The number of benzene rings is 10. The van der Waals surface area contributed by atoms with Crippen LogP contribution in [0.15, 0.2) is 241 Å². The van der Waals surface area contributed by atoms with Crippen LogP contribution in [0.25, 0.3) is 55.3 Å². The highest BCUT2D eigenvalue weighted by Crippen LogP contribution is 2.65. The lowest BCUT2D eigenvalue weighted by Gasteiger charge is -2.34. The number of rotatable bonds is 5. The Kier molecular flexibility index (Phi) is 7.28. The largest absolute Gasteiger partial charge is 0.456 e. The maximum absolute atomic E-state index is 6.89. The Hall–Kier alpha value is -8.20. The number of nitrogens with zero attached hydrogens (tertiary/aromatic N) is 1. The maximum atomic E-state index is 6.89. The fraction of sp³-hybridized carbons (Fsp3) is 0.0323. The highest BCUT2D eigenvalue weighted by Gasteiger charge is 2.52. The predicted molar refractivity (Wildman–Crippen MR) is 262 cm³/mol. The molecule has 11 aromatic rings. The second kappa shape index (κ2) is 13.2. The van der Waals surface area contributed by atoms with E-state index in [4.69, 9.17) is 4.42 Å². The van der Waals surface area contributed by atoms with Gasteiger partial charge in [0.15, 0.2) is 0 Å². The molecule has 0 unspecified atom stereocenters. The van der Waals surface area contributed by atoms with Gasteiger partial charge in [0.05, 0.1) is 16.5 Å². The average Bonchev–Trinajstić information content (AvgIpc) is 4.08. The van der Waals surface area contributed by atoms with Gasteiger partial charge >= 0.3 is 0 Å². The molecule has 10 aromatic carbocycles. The van der Waals surface area contributed by atoms with Crippen LogP contribution in [-0.2, 0) is 10.8 Å². The smallest absolute Gasteiger partial charge is 0.135 e. The van der Waals surface area contributed by atoms with Crippen LogP contribution in [0, 0.1) is 0 Å². The summed E-state index contributed by atoms with van der Waals surface area (Å²) in [5.74, 6) is 0. The molecule has 1 heterocycles. The van der Waals surface area contributed by atoms with Crippen molar-refractivity contribution in [3.63, 3.8) is 0 Å². The van der Waals surface area contributed by atoms with Gasteiger partial charge in [-0.3, -0.25) is 0 Å². The summed E-state index contributed by atoms with van der Waals surface area (Å²) in [5, 5.41) is 2.22. The van der Waals surface area contributed by atoms with Crippen LogP contribution >= 0.6 is 0 Å². The molecule has 0 N–H and O–H groups in total. The van der Waals surface area contributed by atoms with E-state index < -0.39 is 10.8 Å². The molecule has 1 spiro atoms. The molecule has 64 heavy (non-hydrogen) atoms. The van der Waals surface area contributed by atoms with Crippen LogP contribution in [0.5, 0.6) is 0 Å². The van der Waals surface area contributed by atoms with Crippen molar-refractivity contribution >= 4 is 39.0 Å². The van der Waals surface area contributed by atoms with Crippen molar-refractivity contribution in [3.05, 3.63) is 281 Å². The molecule has 0 bridgehead atoms. The Morgan fingerprint density at radius 2 is 0.781 bits per heavy atom. The molecule has 0 aliphatic heterocycles. The quantitative estimate of drug-likeness (QED) is 0.172. The van der Waals surface area contributed by atoms with Crippen molar-refractivity contribution < 1.29 is 4.42 Å². The van der Waals surface area contributed by atoms with Crippen molar-refractivity contribution in [1.29, 1.82) is 0 Å². The molecule has 2 nitrogen and oxygen atoms in total. The van der Waals surface area contributed by atoms with E-state index in [-0.39, 0.29) is 0 Å². The Morgan fingerprint density at radius 1 is 0.312 bits per heavy atom. The first-order valence-electron chi connectivity index (χ1n) is 22.3. The van der Waals surface area contributed by atoms with E-state index in [2.05, 4.69) is 241 Å². The molecule has 0 saturated heterocycles. The minimum absolute atomic E-state index is 0.448. The molecule has 1 aromatic heterocycles. The van der Waals surface area contributed by atoms with Gasteiger partial charge in [0, 0.05) is 27.7 Å². The molecule has 0 atom stereocenters. The van der Waals surface area contributed by atoms with Gasteiger partial charge in [0.25, 0.3) is 0 Å². The summed E-state index contributed by atoms with van der Waals surface area (Å²) in [6.07, 6.45) is 0. The molecule has 0 saturated carbocycles. The van der Waals surface area contributed by atoms with Crippen LogP contribution in [-0.4, -0.2) is 0 Å². The Labute approximate surface area is 372 Å². The Balaban J connectivity index is 1.05. The van der Waals surface area contributed by atoms with Crippen molar-refractivity contribution in [2.45, 2.75) is 10.8 Å². The van der Waals surface area contributed by atoms with E-state index in [9.17, 15) is 0 Å². The SMILES string of the molecule is c1ccc(N(c2ccc3oc4cccc(C5(c6ccccc6)c6ccccc6-c6ccccc65)c4c3c2)c2cccc3c2-c2ccccc2C32c3ccccc3-c3ccccc32)cc1. The van der Waals surface area contributed by atoms with Crippen molar-refractivity contribution in [1.82, 2.24) is 0 Å². The standard InChI is InChI=1S/C62H39NO/c1-3-19-40(20-4-1)61(49-28-12-7-23-43(49)44-24-8-13-29-50(44)61)55-34-18-36-58-60(55)48-39-42(37-38-57(48)64-58)63(41-21-5-2-6-22-41)56-35-17-33-54-59(56)47-27-11-16-32-53(47)62(54)51-30-14-9-25-45(51)46-26-10-15-31-52(46)62/h1-39H. The highest BCUT2D eigenvalue weighted by molar-refractivity contribution is 6.11. The third-order valence-corrected chi connectivity index (χ3v) is 14.6. The normalized spacial score (nSPS) is 14.2. The molecule has 2 heteroatoms. The average molecular weight is 814 g/mol. The molecular formula is C62H39NO. The molecule has 14 rings (SSSR count). The summed E-state index contributed by atoms with van der Waals surface area (Å²) in [5.41, 5.74) is 22.0. The first-order valence-corrected chi connectivity index (χ1v) is 22.3. The summed E-state index contributed by atoms with van der Waals surface area (Å²) >= 11 is 0. The van der Waals surface area contributed by atoms with Crippen LogP contribution in [0.4, 0.5) is 17.1 Å². The fourth-order valence-corrected chi connectivity index (χ4v) is 12.3. The van der Waals surface area contributed by atoms with Gasteiger partial charge in [0.2, 0.25) is 0 Å². The number of furan rings is 1. The van der Waals surface area contributed by atoms with Crippen LogP contribution in [0.3, 0.4) is 0 Å². The molecule has 0 radical (unpaired) electrons. The minimum atomic E-state index is -0.577. The fourth-order valence-electron chi connectivity index (χ4n) is 12.3. The van der Waals surface area contributed by atoms with E-state index in [1.807, 2.05) is 0 Å². The predicted octanol–water partition coefficient (Wildman–Crippen LogP) is 15.8. The van der Waals surface area contributed by atoms with Crippen molar-refractivity contribution in [3.8, 4) is 33.4 Å². The highest BCUT2D eigenvalue weighted by atomic mass is 16.3. The number of anilines is 3. The second-order valence-electron chi connectivity index (χ2n) is 17.4. The second-order valence-corrected chi connectivity index (χ2v) is 17.4. The van der Waals surface area contributed by atoms with E-state index in [1.54, 1.807) is 0 Å². The zero-order chi connectivity index (χ0) is 42.0. The molecule has 0 amide bonds. The van der Waals surface area contributed by atoms with E-state index in [0.717, 1.165) is 39.0 Å². The van der Waals surface area contributed by atoms with E-state index in [0.29, 0.717) is 0 Å². The molecule has 3 aliphatic rings. The number of fused-ring (bicyclic) bond motifs is 16. The molecule has 0 fully saturated rings. The third kappa shape index (κ3) is 4.44.